The number of rotatable bonds is 9. The number of benzene rings is 1. The molecule has 0 radical (unpaired) electrons. The van der Waals surface area contributed by atoms with Crippen LogP contribution in [0.2, 0.25) is 0 Å². The zero-order valence-electron chi connectivity index (χ0n) is 11.3. The van der Waals surface area contributed by atoms with Crippen molar-refractivity contribution >= 4 is 21.9 Å². The van der Waals surface area contributed by atoms with Gasteiger partial charge in [-0.25, -0.2) is 0 Å². The van der Waals surface area contributed by atoms with Crippen LogP contribution in [-0.2, 0) is 16.0 Å². The summed E-state index contributed by atoms with van der Waals surface area (Å²) in [6.45, 7) is 3.35. The van der Waals surface area contributed by atoms with Gasteiger partial charge in [-0.05, 0) is 37.0 Å². The summed E-state index contributed by atoms with van der Waals surface area (Å²) in [6, 6.07) is 7.79. The Balaban J connectivity index is 2.40. The maximum atomic E-state index is 11.2. The van der Waals surface area contributed by atoms with E-state index in [1.807, 2.05) is 24.3 Å². The molecule has 0 aliphatic heterocycles. The predicted octanol–water partition coefficient (Wildman–Crippen LogP) is 3.90. The quantitative estimate of drug-likeness (QED) is 0.699. The van der Waals surface area contributed by atoms with Crippen molar-refractivity contribution in [3.8, 4) is 0 Å². The minimum absolute atomic E-state index is 0.372. The standard InChI is InChI=1S/C15H21BrO3/c1-2-3-9-19-10-8-13(15(17)18)11-12-4-6-14(16)7-5-12/h4-7,13H,2-3,8-11H2,1H3,(H,17,18). The van der Waals surface area contributed by atoms with E-state index in [0.717, 1.165) is 29.5 Å². The molecule has 0 aliphatic carbocycles. The molecule has 0 amide bonds. The molecule has 1 atom stereocenters. The Morgan fingerprint density at radius 1 is 1.32 bits per heavy atom. The summed E-state index contributed by atoms with van der Waals surface area (Å²) in [5.41, 5.74) is 1.05. The van der Waals surface area contributed by atoms with Gasteiger partial charge in [0.2, 0.25) is 0 Å². The van der Waals surface area contributed by atoms with Gasteiger partial charge in [0.1, 0.15) is 0 Å². The van der Waals surface area contributed by atoms with Crippen molar-refractivity contribution in [2.45, 2.75) is 32.6 Å². The number of aliphatic carboxylic acids is 1. The second-order valence-electron chi connectivity index (χ2n) is 4.62. The van der Waals surface area contributed by atoms with Crippen molar-refractivity contribution in [3.63, 3.8) is 0 Å². The van der Waals surface area contributed by atoms with E-state index >= 15 is 0 Å². The number of ether oxygens (including phenoxy) is 1. The Bertz CT molecular complexity index is 375. The first-order valence-corrected chi connectivity index (χ1v) is 7.47. The highest BCUT2D eigenvalue weighted by Gasteiger charge is 2.17. The Morgan fingerprint density at radius 3 is 2.58 bits per heavy atom. The van der Waals surface area contributed by atoms with Crippen LogP contribution in [0.1, 0.15) is 31.7 Å². The lowest BCUT2D eigenvalue weighted by Gasteiger charge is -2.12. The Kier molecular flexibility index (Phi) is 7.75. The zero-order chi connectivity index (χ0) is 14.1. The third kappa shape index (κ3) is 6.73. The summed E-state index contributed by atoms with van der Waals surface area (Å²) in [5.74, 6) is -1.12. The van der Waals surface area contributed by atoms with Gasteiger partial charge in [-0.15, -0.1) is 0 Å². The van der Waals surface area contributed by atoms with Crippen LogP contribution >= 0.6 is 15.9 Å². The highest BCUT2D eigenvalue weighted by molar-refractivity contribution is 9.10. The van der Waals surface area contributed by atoms with Crippen LogP contribution in [0.5, 0.6) is 0 Å². The van der Waals surface area contributed by atoms with E-state index in [4.69, 9.17) is 4.74 Å². The molecule has 0 bridgehead atoms. The first-order chi connectivity index (χ1) is 9.13. The predicted molar refractivity (Wildman–Crippen MR) is 79.3 cm³/mol. The molecular formula is C15H21BrO3. The van der Waals surface area contributed by atoms with Gasteiger partial charge in [0.15, 0.2) is 0 Å². The molecule has 0 fully saturated rings. The van der Waals surface area contributed by atoms with Gasteiger partial charge in [0.05, 0.1) is 5.92 Å². The van der Waals surface area contributed by atoms with Crippen molar-refractivity contribution in [2.24, 2.45) is 5.92 Å². The van der Waals surface area contributed by atoms with E-state index in [2.05, 4.69) is 22.9 Å². The van der Waals surface area contributed by atoms with Crippen LogP contribution in [0.3, 0.4) is 0 Å². The molecule has 0 spiro atoms. The molecule has 0 saturated heterocycles. The first-order valence-electron chi connectivity index (χ1n) is 6.68. The number of halogens is 1. The van der Waals surface area contributed by atoms with Crippen LogP contribution in [0, 0.1) is 5.92 Å². The van der Waals surface area contributed by atoms with Gasteiger partial charge in [-0.3, -0.25) is 4.79 Å². The van der Waals surface area contributed by atoms with Gasteiger partial charge in [-0.1, -0.05) is 41.4 Å². The lowest BCUT2D eigenvalue weighted by molar-refractivity contribution is -0.142. The van der Waals surface area contributed by atoms with Gasteiger partial charge < -0.3 is 9.84 Å². The first kappa shape index (κ1) is 16.2. The molecule has 0 saturated carbocycles. The van der Waals surface area contributed by atoms with Crippen LogP contribution in [0.4, 0.5) is 0 Å². The zero-order valence-corrected chi connectivity index (χ0v) is 12.9. The Hall–Kier alpha value is -0.870. The molecule has 0 aromatic heterocycles. The van der Waals surface area contributed by atoms with E-state index in [1.165, 1.54) is 0 Å². The van der Waals surface area contributed by atoms with E-state index in [9.17, 15) is 9.90 Å². The summed E-state index contributed by atoms with van der Waals surface area (Å²) in [4.78, 5) is 11.2. The highest BCUT2D eigenvalue weighted by atomic mass is 79.9. The number of unbranched alkanes of at least 4 members (excludes halogenated alkanes) is 1. The number of hydrogen-bond donors (Lipinski definition) is 1. The van der Waals surface area contributed by atoms with Crippen LogP contribution in [0.15, 0.2) is 28.7 Å². The van der Waals surface area contributed by atoms with Crippen molar-refractivity contribution < 1.29 is 14.6 Å². The van der Waals surface area contributed by atoms with Crippen LogP contribution < -0.4 is 0 Å². The van der Waals surface area contributed by atoms with E-state index in [1.54, 1.807) is 0 Å². The summed E-state index contributed by atoms with van der Waals surface area (Å²) in [7, 11) is 0. The van der Waals surface area contributed by atoms with Gasteiger partial charge in [0.25, 0.3) is 0 Å². The largest absolute Gasteiger partial charge is 0.481 e. The lowest BCUT2D eigenvalue weighted by Crippen LogP contribution is -2.18. The maximum Gasteiger partial charge on any atom is 0.306 e. The minimum atomic E-state index is -0.748. The van der Waals surface area contributed by atoms with Crippen molar-refractivity contribution in [1.29, 1.82) is 0 Å². The van der Waals surface area contributed by atoms with E-state index in [0.29, 0.717) is 19.4 Å². The van der Waals surface area contributed by atoms with Crippen molar-refractivity contribution in [1.82, 2.24) is 0 Å². The average molecular weight is 329 g/mol. The number of carboxylic acids is 1. The van der Waals surface area contributed by atoms with Crippen molar-refractivity contribution in [3.05, 3.63) is 34.3 Å². The second kappa shape index (κ2) is 9.10. The Labute approximate surface area is 123 Å². The molecule has 0 heterocycles. The molecule has 0 aliphatic rings. The fraction of sp³-hybridized carbons (Fsp3) is 0.533. The molecular weight excluding hydrogens is 308 g/mol. The van der Waals surface area contributed by atoms with Crippen LogP contribution in [-0.4, -0.2) is 24.3 Å². The molecule has 1 rings (SSSR count). The number of hydrogen-bond acceptors (Lipinski definition) is 2. The van der Waals surface area contributed by atoms with Gasteiger partial charge in [-0.2, -0.15) is 0 Å². The van der Waals surface area contributed by atoms with Gasteiger partial charge in [0, 0.05) is 17.7 Å². The number of carboxylic acid groups (broad SMARTS) is 1. The molecule has 1 aromatic carbocycles. The normalized spacial score (nSPS) is 12.3. The molecule has 19 heavy (non-hydrogen) atoms. The number of carbonyl (C=O) groups is 1. The fourth-order valence-electron chi connectivity index (χ4n) is 1.79. The molecule has 3 nitrogen and oxygen atoms in total. The van der Waals surface area contributed by atoms with E-state index < -0.39 is 5.97 Å². The molecule has 106 valence electrons. The van der Waals surface area contributed by atoms with E-state index in [-0.39, 0.29) is 5.92 Å². The summed E-state index contributed by atoms with van der Waals surface area (Å²) in [5, 5.41) is 9.23. The van der Waals surface area contributed by atoms with Crippen molar-refractivity contribution in [2.75, 3.05) is 13.2 Å². The average Bonchev–Trinajstić information content (AvgIpc) is 2.39. The minimum Gasteiger partial charge on any atom is -0.481 e. The summed E-state index contributed by atoms with van der Waals surface area (Å²) < 4.78 is 6.45. The molecule has 1 aromatic rings. The molecule has 1 unspecified atom stereocenters. The Morgan fingerprint density at radius 2 is 2.00 bits per heavy atom. The smallest absolute Gasteiger partial charge is 0.306 e. The SMILES string of the molecule is CCCCOCCC(Cc1ccc(Br)cc1)C(=O)O. The molecule has 1 N–H and O–H groups in total. The summed E-state index contributed by atoms with van der Waals surface area (Å²) in [6.07, 6.45) is 3.25. The summed E-state index contributed by atoms with van der Waals surface area (Å²) >= 11 is 3.37. The highest BCUT2D eigenvalue weighted by Crippen LogP contribution is 2.16. The topological polar surface area (TPSA) is 46.5 Å². The molecule has 4 heteroatoms. The van der Waals surface area contributed by atoms with Gasteiger partial charge >= 0.3 is 5.97 Å². The second-order valence-corrected chi connectivity index (χ2v) is 5.54. The third-order valence-corrected chi connectivity index (χ3v) is 3.53. The maximum absolute atomic E-state index is 11.2. The monoisotopic (exact) mass is 328 g/mol. The van der Waals surface area contributed by atoms with Crippen LogP contribution in [0.25, 0.3) is 0 Å². The fourth-order valence-corrected chi connectivity index (χ4v) is 2.06. The third-order valence-electron chi connectivity index (χ3n) is 3.00. The lowest BCUT2D eigenvalue weighted by atomic mass is 9.97.